The highest BCUT2D eigenvalue weighted by Gasteiger charge is 2.40. The molecule has 0 aromatic heterocycles. The van der Waals surface area contributed by atoms with Crippen LogP contribution in [0.5, 0.6) is 17.2 Å². The van der Waals surface area contributed by atoms with Gasteiger partial charge in [-0.05, 0) is 43.7 Å². The van der Waals surface area contributed by atoms with Crippen LogP contribution in [0.25, 0.3) is 5.57 Å². The Kier molecular flexibility index (Phi) is 5.22. The number of benzene rings is 3. The van der Waals surface area contributed by atoms with Crippen molar-refractivity contribution in [3.05, 3.63) is 83.6 Å². The zero-order valence-electron chi connectivity index (χ0n) is 18.3. The normalized spacial score (nSPS) is 14.8. The first-order chi connectivity index (χ1) is 16.0. The number of anilines is 2. The number of nitrogens with one attached hydrogen (secondary N) is 1. The summed E-state index contributed by atoms with van der Waals surface area (Å²) in [6, 6.07) is 19.8. The van der Waals surface area contributed by atoms with Gasteiger partial charge >= 0.3 is 0 Å². The van der Waals surface area contributed by atoms with E-state index in [0.717, 1.165) is 5.56 Å². The quantitative estimate of drug-likeness (QED) is 0.566. The zero-order valence-corrected chi connectivity index (χ0v) is 18.3. The van der Waals surface area contributed by atoms with Crippen molar-refractivity contribution in [3.8, 4) is 17.2 Å². The number of fused-ring (bicyclic) bond motifs is 1. The van der Waals surface area contributed by atoms with E-state index >= 15 is 0 Å². The fourth-order valence-corrected chi connectivity index (χ4v) is 3.87. The number of amides is 2. The van der Waals surface area contributed by atoms with Gasteiger partial charge in [-0.1, -0.05) is 35.9 Å². The maximum Gasteiger partial charge on any atom is 0.282 e. The molecule has 1 N–H and O–H groups in total. The van der Waals surface area contributed by atoms with Crippen LogP contribution in [-0.4, -0.2) is 25.2 Å². The molecule has 0 saturated carbocycles. The number of imide groups is 1. The minimum atomic E-state index is -0.443. The second-order valence-corrected chi connectivity index (χ2v) is 7.69. The van der Waals surface area contributed by atoms with Gasteiger partial charge in [0.15, 0.2) is 11.5 Å². The maximum absolute atomic E-state index is 13.6. The summed E-state index contributed by atoms with van der Waals surface area (Å²) in [5.41, 5.74) is 3.28. The lowest BCUT2D eigenvalue weighted by Crippen LogP contribution is -2.32. The molecule has 33 heavy (non-hydrogen) atoms. The Balaban J connectivity index is 1.57. The number of hydrogen-bond acceptors (Lipinski definition) is 6. The Bertz CT molecular complexity index is 1280. The van der Waals surface area contributed by atoms with Gasteiger partial charge in [-0.2, -0.15) is 0 Å². The summed E-state index contributed by atoms with van der Waals surface area (Å²) in [5, 5.41) is 3.15. The van der Waals surface area contributed by atoms with Crippen LogP contribution < -0.4 is 24.4 Å². The number of carbonyl (C=O) groups excluding carboxylic acids is 2. The fourth-order valence-electron chi connectivity index (χ4n) is 3.87. The van der Waals surface area contributed by atoms with Crippen molar-refractivity contribution in [1.29, 1.82) is 0 Å². The number of ether oxygens (including phenoxy) is 3. The van der Waals surface area contributed by atoms with E-state index in [0.29, 0.717) is 46.4 Å². The van der Waals surface area contributed by atoms with Crippen molar-refractivity contribution >= 4 is 28.8 Å². The van der Waals surface area contributed by atoms with Gasteiger partial charge in [-0.15, -0.1) is 0 Å². The maximum atomic E-state index is 13.6. The Hall–Kier alpha value is -4.26. The van der Waals surface area contributed by atoms with Gasteiger partial charge in [0.2, 0.25) is 6.79 Å². The third-order valence-corrected chi connectivity index (χ3v) is 5.45. The molecule has 0 fully saturated rings. The molecule has 2 amide bonds. The fraction of sp³-hybridized carbons (Fsp3) is 0.154. The average molecular weight is 442 g/mol. The number of aryl methyl sites for hydroxylation is 1. The van der Waals surface area contributed by atoms with Gasteiger partial charge < -0.3 is 19.5 Å². The highest BCUT2D eigenvalue weighted by molar-refractivity contribution is 6.46. The summed E-state index contributed by atoms with van der Waals surface area (Å²) in [4.78, 5) is 28.3. The van der Waals surface area contributed by atoms with Crippen molar-refractivity contribution in [3.63, 3.8) is 0 Å². The van der Waals surface area contributed by atoms with Crippen LogP contribution in [0.15, 0.2) is 72.4 Å². The molecule has 3 aromatic carbocycles. The number of nitrogens with zero attached hydrogens (tertiary/aromatic N) is 1. The summed E-state index contributed by atoms with van der Waals surface area (Å²) < 4.78 is 16.4. The topological polar surface area (TPSA) is 77.1 Å². The van der Waals surface area contributed by atoms with Crippen LogP contribution in [-0.2, 0) is 9.59 Å². The van der Waals surface area contributed by atoms with Gasteiger partial charge in [0.1, 0.15) is 11.4 Å². The number of carbonyl (C=O) groups is 2. The first kappa shape index (κ1) is 20.6. The molecule has 0 saturated heterocycles. The monoisotopic (exact) mass is 442 g/mol. The summed E-state index contributed by atoms with van der Waals surface area (Å²) >= 11 is 0. The third-order valence-electron chi connectivity index (χ3n) is 5.45. The van der Waals surface area contributed by atoms with Crippen molar-refractivity contribution < 1.29 is 23.8 Å². The Morgan fingerprint density at radius 3 is 2.52 bits per heavy atom. The van der Waals surface area contributed by atoms with Crippen LogP contribution in [0, 0.1) is 6.92 Å². The largest absolute Gasteiger partial charge is 0.494 e. The lowest BCUT2D eigenvalue weighted by molar-refractivity contribution is -0.120. The molecule has 5 rings (SSSR count). The van der Waals surface area contributed by atoms with Crippen LogP contribution in [0.3, 0.4) is 0 Å². The van der Waals surface area contributed by atoms with Gasteiger partial charge in [0.05, 0.1) is 17.9 Å². The van der Waals surface area contributed by atoms with E-state index < -0.39 is 11.8 Å². The van der Waals surface area contributed by atoms with Crippen molar-refractivity contribution in [2.24, 2.45) is 0 Å². The Labute approximate surface area is 191 Å². The molecule has 0 spiro atoms. The minimum Gasteiger partial charge on any atom is -0.494 e. The van der Waals surface area contributed by atoms with Crippen molar-refractivity contribution in [2.75, 3.05) is 23.6 Å². The van der Waals surface area contributed by atoms with Crippen molar-refractivity contribution in [1.82, 2.24) is 0 Å². The highest BCUT2D eigenvalue weighted by atomic mass is 16.7. The van der Waals surface area contributed by atoms with Crippen molar-refractivity contribution in [2.45, 2.75) is 13.8 Å². The predicted octanol–water partition coefficient (Wildman–Crippen LogP) is 4.52. The molecular weight excluding hydrogens is 420 g/mol. The Morgan fingerprint density at radius 2 is 1.73 bits per heavy atom. The second kappa shape index (κ2) is 8.35. The molecule has 7 heteroatoms. The van der Waals surface area contributed by atoms with Gasteiger partial charge in [-0.3, -0.25) is 9.59 Å². The van der Waals surface area contributed by atoms with E-state index in [1.807, 2.05) is 38.1 Å². The van der Waals surface area contributed by atoms with Gasteiger partial charge in [-0.25, -0.2) is 4.90 Å². The smallest absolute Gasteiger partial charge is 0.282 e. The van der Waals surface area contributed by atoms with E-state index in [1.54, 1.807) is 42.5 Å². The van der Waals surface area contributed by atoms with E-state index in [9.17, 15) is 9.59 Å². The van der Waals surface area contributed by atoms with E-state index in [-0.39, 0.29) is 12.5 Å². The molecule has 0 unspecified atom stereocenters. The minimum absolute atomic E-state index is 0.150. The first-order valence-corrected chi connectivity index (χ1v) is 10.6. The second-order valence-electron chi connectivity index (χ2n) is 7.69. The zero-order chi connectivity index (χ0) is 22.9. The molecule has 2 aliphatic heterocycles. The van der Waals surface area contributed by atoms with Crippen LogP contribution in [0.1, 0.15) is 18.1 Å². The standard InChI is InChI=1S/C26H22N2O5/c1-3-31-20-6-4-5-19(14-20)28-25(29)23(17-9-7-16(2)8-10-17)24(26(28)30)27-18-11-12-21-22(13-18)33-15-32-21/h4-14,27H,3,15H2,1-2H3. The number of rotatable bonds is 6. The molecule has 0 aliphatic carbocycles. The van der Waals surface area contributed by atoms with Crippen LogP contribution >= 0.6 is 0 Å². The predicted molar refractivity (Wildman–Crippen MR) is 124 cm³/mol. The highest BCUT2D eigenvalue weighted by Crippen LogP contribution is 2.38. The molecule has 3 aromatic rings. The van der Waals surface area contributed by atoms with Gasteiger partial charge in [0, 0.05) is 17.8 Å². The third kappa shape index (κ3) is 3.78. The van der Waals surface area contributed by atoms with E-state index in [4.69, 9.17) is 14.2 Å². The molecule has 2 heterocycles. The summed E-state index contributed by atoms with van der Waals surface area (Å²) in [6.07, 6.45) is 0. The van der Waals surface area contributed by atoms with E-state index in [1.165, 1.54) is 4.90 Å². The van der Waals surface area contributed by atoms with Crippen LogP contribution in [0.4, 0.5) is 11.4 Å². The van der Waals surface area contributed by atoms with Crippen LogP contribution in [0.2, 0.25) is 0 Å². The summed E-state index contributed by atoms with van der Waals surface area (Å²) in [5.74, 6) is 0.958. The average Bonchev–Trinajstić information content (AvgIpc) is 3.37. The molecule has 7 nitrogen and oxygen atoms in total. The van der Waals surface area contributed by atoms with E-state index in [2.05, 4.69) is 5.32 Å². The lowest BCUT2D eigenvalue weighted by Gasteiger charge is -2.16. The Morgan fingerprint density at radius 1 is 0.939 bits per heavy atom. The summed E-state index contributed by atoms with van der Waals surface area (Å²) in [6.45, 7) is 4.48. The van der Waals surface area contributed by atoms with Gasteiger partial charge in [0.25, 0.3) is 11.8 Å². The lowest BCUT2D eigenvalue weighted by atomic mass is 10.0. The SMILES string of the molecule is CCOc1cccc(N2C(=O)C(Nc3ccc4c(c3)OCO4)=C(c3ccc(C)cc3)C2=O)c1. The first-order valence-electron chi connectivity index (χ1n) is 10.6. The summed E-state index contributed by atoms with van der Waals surface area (Å²) in [7, 11) is 0. The molecule has 0 bridgehead atoms. The molecule has 0 radical (unpaired) electrons. The molecule has 2 aliphatic rings. The molecule has 166 valence electrons. The molecule has 0 atom stereocenters. The molecular formula is C26H22N2O5. The number of hydrogen-bond donors (Lipinski definition) is 1.